The summed E-state index contributed by atoms with van der Waals surface area (Å²) in [6, 6.07) is 16.8. The number of benzene rings is 2. The number of rotatable bonds is 5. The minimum absolute atomic E-state index is 0.0435. The molecule has 2 aliphatic heterocycles. The number of amides is 1. The Morgan fingerprint density at radius 2 is 1.97 bits per heavy atom. The Balaban J connectivity index is 1.29. The zero-order valence-electron chi connectivity index (χ0n) is 17.8. The smallest absolute Gasteiger partial charge is 0.285 e. The van der Waals surface area contributed by atoms with Gasteiger partial charge in [0.2, 0.25) is 5.91 Å². The lowest BCUT2D eigenvalue weighted by atomic mass is 9.96. The first-order valence-corrected chi connectivity index (χ1v) is 14.1. The summed E-state index contributed by atoms with van der Waals surface area (Å²) in [5.41, 5.74) is 2.70. The number of thiophene rings is 1. The van der Waals surface area contributed by atoms with Crippen molar-refractivity contribution in [2.75, 3.05) is 18.4 Å². The Bertz CT molecular complexity index is 1300. The molecule has 0 radical (unpaired) electrons. The first-order chi connectivity index (χ1) is 16.0. The van der Waals surface area contributed by atoms with Crippen molar-refractivity contribution in [2.45, 2.75) is 28.4 Å². The van der Waals surface area contributed by atoms with Crippen molar-refractivity contribution in [1.82, 2.24) is 4.90 Å². The molecule has 3 heterocycles. The molecule has 1 aromatic heterocycles. The monoisotopic (exact) mass is 497 g/mol. The van der Waals surface area contributed by atoms with E-state index < -0.39 is 10.0 Å². The van der Waals surface area contributed by atoms with Gasteiger partial charge in [0, 0.05) is 29.3 Å². The summed E-state index contributed by atoms with van der Waals surface area (Å²) in [6.07, 6.45) is 1.56. The molecule has 0 bridgehead atoms. The summed E-state index contributed by atoms with van der Waals surface area (Å²) in [5.74, 6) is 1.01. The third-order valence-corrected chi connectivity index (χ3v) is 9.03. The largest absolute Gasteiger partial charge is 0.355 e. The Morgan fingerprint density at radius 1 is 1.15 bits per heavy atom. The maximum absolute atomic E-state index is 13.2. The van der Waals surface area contributed by atoms with Crippen LogP contribution in [0.4, 0.5) is 5.69 Å². The minimum atomic E-state index is -3.68. The van der Waals surface area contributed by atoms with Crippen LogP contribution in [0.5, 0.6) is 0 Å². The van der Waals surface area contributed by atoms with Crippen molar-refractivity contribution in [3.05, 3.63) is 76.5 Å². The Morgan fingerprint density at radius 3 is 2.82 bits per heavy atom. The van der Waals surface area contributed by atoms with E-state index in [-0.39, 0.29) is 16.7 Å². The lowest BCUT2D eigenvalue weighted by Gasteiger charge is -2.33. The molecule has 5 rings (SSSR count). The molecular formula is C24H23N3O3S3. The molecule has 1 amide bonds. The summed E-state index contributed by atoms with van der Waals surface area (Å²) in [6.45, 7) is 1.12. The van der Waals surface area contributed by atoms with Gasteiger partial charge in [-0.25, -0.2) is 0 Å². The first kappa shape index (κ1) is 22.2. The number of carbonyl (C=O) groups is 1. The number of fused-ring (bicyclic) bond motifs is 1. The number of anilines is 1. The fraction of sp³-hybridized carbons (Fsp3) is 0.250. The lowest BCUT2D eigenvalue weighted by Crippen LogP contribution is -2.43. The average Bonchev–Trinajstić information content (AvgIpc) is 3.45. The third kappa shape index (κ3) is 4.71. The van der Waals surface area contributed by atoms with Crippen LogP contribution in [0.1, 0.15) is 24.0 Å². The SMILES string of the molecule is O=C(Nc1ccccc1SCc1ccsc1)C1CCCN(C2=NS(=O)(=O)c3ccccc32)C1. The van der Waals surface area contributed by atoms with Crippen molar-refractivity contribution in [3.8, 4) is 0 Å². The first-order valence-electron chi connectivity index (χ1n) is 10.7. The number of likely N-dealkylation sites (tertiary alicyclic amines) is 1. The van der Waals surface area contributed by atoms with E-state index >= 15 is 0 Å². The Hall–Kier alpha value is -2.62. The molecule has 1 fully saturated rings. The molecule has 1 N–H and O–H groups in total. The highest BCUT2D eigenvalue weighted by molar-refractivity contribution is 7.98. The second kappa shape index (κ2) is 9.32. The molecule has 2 aliphatic rings. The van der Waals surface area contributed by atoms with E-state index in [0.717, 1.165) is 29.2 Å². The van der Waals surface area contributed by atoms with Gasteiger partial charge in [-0.2, -0.15) is 19.8 Å². The van der Waals surface area contributed by atoms with Crippen LogP contribution in [0, 0.1) is 5.92 Å². The zero-order valence-corrected chi connectivity index (χ0v) is 20.3. The van der Waals surface area contributed by atoms with Crippen LogP contribution in [0.2, 0.25) is 0 Å². The maximum atomic E-state index is 13.2. The van der Waals surface area contributed by atoms with Gasteiger partial charge in [-0.15, -0.1) is 16.2 Å². The number of amidine groups is 1. The Labute approximate surface area is 201 Å². The van der Waals surface area contributed by atoms with E-state index in [1.807, 2.05) is 35.2 Å². The molecule has 2 aromatic carbocycles. The molecule has 1 saturated heterocycles. The second-order valence-electron chi connectivity index (χ2n) is 8.08. The van der Waals surface area contributed by atoms with Gasteiger partial charge >= 0.3 is 0 Å². The van der Waals surface area contributed by atoms with Gasteiger partial charge in [0.1, 0.15) is 4.90 Å². The van der Waals surface area contributed by atoms with Crippen molar-refractivity contribution in [2.24, 2.45) is 10.3 Å². The number of piperidine rings is 1. The molecule has 0 spiro atoms. The number of carbonyl (C=O) groups excluding carboxylic acids is 1. The number of sulfonamides is 1. The maximum Gasteiger partial charge on any atom is 0.285 e. The summed E-state index contributed by atoms with van der Waals surface area (Å²) in [5, 5.41) is 7.31. The summed E-state index contributed by atoms with van der Waals surface area (Å²) >= 11 is 3.38. The van der Waals surface area contributed by atoms with Crippen LogP contribution in [0.3, 0.4) is 0 Å². The number of thioether (sulfide) groups is 1. The molecule has 1 unspecified atom stereocenters. The van der Waals surface area contributed by atoms with Crippen LogP contribution < -0.4 is 5.32 Å². The van der Waals surface area contributed by atoms with Crippen LogP contribution in [-0.2, 0) is 20.6 Å². The van der Waals surface area contributed by atoms with Gasteiger partial charge in [-0.3, -0.25) is 4.79 Å². The minimum Gasteiger partial charge on any atom is -0.355 e. The summed E-state index contributed by atoms with van der Waals surface area (Å²) < 4.78 is 28.9. The fourth-order valence-electron chi connectivity index (χ4n) is 4.17. The molecule has 9 heteroatoms. The average molecular weight is 498 g/mol. The normalized spacial score (nSPS) is 19.1. The molecule has 170 valence electrons. The standard InChI is InChI=1S/C24H23N3O3S3/c28-24(25-20-8-2-3-9-21(20)32-16-17-11-13-31-15-17)18-6-5-12-27(14-18)23-19-7-1-4-10-22(19)33(29,30)26-23/h1-4,7-11,13,15,18H,5-6,12,14,16H2,(H,25,28). The quantitative estimate of drug-likeness (QED) is 0.511. The molecule has 6 nitrogen and oxygen atoms in total. The molecule has 1 atom stereocenters. The predicted molar refractivity (Wildman–Crippen MR) is 133 cm³/mol. The van der Waals surface area contributed by atoms with Crippen molar-refractivity contribution in [3.63, 3.8) is 0 Å². The zero-order chi connectivity index (χ0) is 22.8. The number of nitrogens with zero attached hydrogens (tertiary/aromatic N) is 2. The molecule has 33 heavy (non-hydrogen) atoms. The van der Waals surface area contributed by atoms with Crippen LogP contribution >= 0.6 is 23.1 Å². The van der Waals surface area contributed by atoms with E-state index in [0.29, 0.717) is 24.5 Å². The third-order valence-electron chi connectivity index (χ3n) is 5.82. The van der Waals surface area contributed by atoms with Gasteiger partial charge in [0.25, 0.3) is 10.0 Å². The molecule has 0 aliphatic carbocycles. The highest BCUT2D eigenvalue weighted by atomic mass is 32.2. The Kier molecular flexibility index (Phi) is 6.27. The molecule has 0 saturated carbocycles. The van der Waals surface area contributed by atoms with Crippen molar-refractivity contribution < 1.29 is 13.2 Å². The van der Waals surface area contributed by atoms with Gasteiger partial charge in [-0.05, 0) is 59.5 Å². The lowest BCUT2D eigenvalue weighted by molar-refractivity contribution is -0.121. The topological polar surface area (TPSA) is 78.8 Å². The van der Waals surface area contributed by atoms with Crippen LogP contribution in [0.15, 0.2) is 79.5 Å². The number of para-hydroxylation sites is 1. The van der Waals surface area contributed by atoms with Gasteiger partial charge < -0.3 is 10.2 Å². The van der Waals surface area contributed by atoms with E-state index in [9.17, 15) is 13.2 Å². The number of hydrogen-bond acceptors (Lipinski definition) is 6. The van der Waals surface area contributed by atoms with Gasteiger partial charge in [0.05, 0.1) is 11.6 Å². The van der Waals surface area contributed by atoms with Gasteiger partial charge in [0.15, 0.2) is 5.84 Å². The molecule has 3 aromatic rings. The van der Waals surface area contributed by atoms with E-state index in [4.69, 9.17) is 0 Å². The highest BCUT2D eigenvalue weighted by Crippen LogP contribution is 2.32. The van der Waals surface area contributed by atoms with E-state index in [2.05, 4.69) is 26.5 Å². The van der Waals surface area contributed by atoms with Crippen molar-refractivity contribution in [1.29, 1.82) is 0 Å². The van der Waals surface area contributed by atoms with Crippen LogP contribution in [-0.4, -0.2) is 38.2 Å². The highest BCUT2D eigenvalue weighted by Gasteiger charge is 2.35. The number of nitrogens with one attached hydrogen (secondary N) is 1. The summed E-state index contributed by atoms with van der Waals surface area (Å²) in [7, 11) is -3.68. The van der Waals surface area contributed by atoms with Gasteiger partial charge in [-0.1, -0.05) is 24.3 Å². The fourth-order valence-corrected chi connectivity index (χ4v) is 7.12. The van der Waals surface area contributed by atoms with Crippen LogP contribution in [0.25, 0.3) is 0 Å². The van der Waals surface area contributed by atoms with E-state index in [1.165, 1.54) is 5.56 Å². The molecular weight excluding hydrogens is 474 g/mol. The predicted octanol–water partition coefficient (Wildman–Crippen LogP) is 4.84. The summed E-state index contributed by atoms with van der Waals surface area (Å²) in [4.78, 5) is 16.4. The van der Waals surface area contributed by atoms with E-state index in [1.54, 1.807) is 41.3 Å². The van der Waals surface area contributed by atoms with Crippen molar-refractivity contribution >= 4 is 50.6 Å². The second-order valence-corrected chi connectivity index (χ2v) is 11.4. The number of hydrogen-bond donors (Lipinski definition) is 1.